The Balaban J connectivity index is 2.77. The highest BCUT2D eigenvalue weighted by Crippen LogP contribution is 2.38. The van der Waals surface area contributed by atoms with E-state index in [-0.39, 0.29) is 17.2 Å². The predicted molar refractivity (Wildman–Crippen MR) is 89.6 cm³/mol. The molecular formula is C17H32O2Si. The van der Waals surface area contributed by atoms with E-state index in [4.69, 9.17) is 9.16 Å². The maximum Gasteiger partial charge on any atom is 0.192 e. The van der Waals surface area contributed by atoms with Crippen molar-refractivity contribution >= 4 is 8.32 Å². The number of rotatable bonds is 5. The van der Waals surface area contributed by atoms with Crippen LogP contribution in [0.2, 0.25) is 18.1 Å². The highest BCUT2D eigenvalue weighted by molar-refractivity contribution is 6.74. The fourth-order valence-corrected chi connectivity index (χ4v) is 3.40. The fourth-order valence-electron chi connectivity index (χ4n) is 2.04. The topological polar surface area (TPSA) is 18.5 Å². The van der Waals surface area contributed by atoms with Crippen molar-refractivity contribution in [2.75, 3.05) is 6.61 Å². The second-order valence-electron chi connectivity index (χ2n) is 7.51. The van der Waals surface area contributed by atoms with Gasteiger partial charge in [0.25, 0.3) is 0 Å². The summed E-state index contributed by atoms with van der Waals surface area (Å²) in [5.41, 5.74) is 1.06. The summed E-state index contributed by atoms with van der Waals surface area (Å²) >= 11 is 0. The Hall–Kier alpha value is -0.383. The number of allylic oxidation sites excluding steroid dienone is 1. The van der Waals surface area contributed by atoms with E-state index in [9.17, 15) is 0 Å². The molecule has 1 aliphatic carbocycles. The smallest absolute Gasteiger partial charge is 0.192 e. The van der Waals surface area contributed by atoms with Crippen LogP contribution in [0.15, 0.2) is 24.3 Å². The van der Waals surface area contributed by atoms with E-state index in [1.165, 1.54) is 6.42 Å². The number of hydrogen-bond acceptors (Lipinski definition) is 2. The monoisotopic (exact) mass is 296 g/mol. The van der Waals surface area contributed by atoms with E-state index < -0.39 is 8.32 Å². The second kappa shape index (κ2) is 7.06. The van der Waals surface area contributed by atoms with Gasteiger partial charge in [-0.15, -0.1) is 0 Å². The summed E-state index contributed by atoms with van der Waals surface area (Å²) in [4.78, 5) is 0. The van der Waals surface area contributed by atoms with Crippen molar-refractivity contribution in [2.24, 2.45) is 0 Å². The molecule has 2 nitrogen and oxygen atoms in total. The van der Waals surface area contributed by atoms with Gasteiger partial charge < -0.3 is 9.16 Å². The molecule has 0 aromatic heterocycles. The standard InChI is InChI=1S/C17H32O2Si/c1-14(2)13-18-15-11-9-8-10-12-16(15)19-20(6,7)17(3,4)5/h9,11,15-16H,1,8,10,12-13H2,2-7H3/t15-,16-/m1/s1. The van der Waals surface area contributed by atoms with Gasteiger partial charge in [-0.3, -0.25) is 0 Å². The highest BCUT2D eigenvalue weighted by Gasteiger charge is 2.40. The van der Waals surface area contributed by atoms with Gasteiger partial charge in [0, 0.05) is 0 Å². The zero-order valence-electron chi connectivity index (χ0n) is 14.2. The summed E-state index contributed by atoms with van der Waals surface area (Å²) in [7, 11) is -1.75. The third kappa shape index (κ3) is 5.19. The van der Waals surface area contributed by atoms with Gasteiger partial charge in [-0.25, -0.2) is 0 Å². The lowest BCUT2D eigenvalue weighted by Crippen LogP contribution is -2.47. The minimum atomic E-state index is -1.75. The van der Waals surface area contributed by atoms with Crippen molar-refractivity contribution in [3.8, 4) is 0 Å². The molecule has 0 unspecified atom stereocenters. The normalized spacial score (nSPS) is 24.5. The molecule has 0 saturated heterocycles. The van der Waals surface area contributed by atoms with E-state index in [0.717, 1.165) is 18.4 Å². The molecule has 0 N–H and O–H groups in total. The van der Waals surface area contributed by atoms with Gasteiger partial charge in [0.2, 0.25) is 0 Å². The zero-order valence-corrected chi connectivity index (χ0v) is 15.2. The van der Waals surface area contributed by atoms with Crippen molar-refractivity contribution < 1.29 is 9.16 Å². The van der Waals surface area contributed by atoms with Crippen LogP contribution in [-0.4, -0.2) is 27.1 Å². The van der Waals surface area contributed by atoms with E-state index in [2.05, 4.69) is 52.6 Å². The zero-order chi connectivity index (χ0) is 15.4. The van der Waals surface area contributed by atoms with Crippen LogP contribution < -0.4 is 0 Å². The Kier molecular flexibility index (Phi) is 6.23. The second-order valence-corrected chi connectivity index (χ2v) is 12.3. The molecule has 1 aliphatic rings. The minimum Gasteiger partial charge on any atom is -0.411 e. The first-order valence-electron chi connectivity index (χ1n) is 7.74. The molecule has 0 saturated carbocycles. The van der Waals surface area contributed by atoms with Gasteiger partial charge in [0.1, 0.15) is 6.10 Å². The maximum atomic E-state index is 6.60. The summed E-state index contributed by atoms with van der Waals surface area (Å²) in [6.07, 6.45) is 8.08. The van der Waals surface area contributed by atoms with E-state index in [1.807, 2.05) is 6.92 Å². The van der Waals surface area contributed by atoms with Crippen molar-refractivity contribution in [1.82, 2.24) is 0 Å². The van der Waals surface area contributed by atoms with Crippen LogP contribution in [-0.2, 0) is 9.16 Å². The minimum absolute atomic E-state index is 0.0725. The van der Waals surface area contributed by atoms with Crippen LogP contribution in [0.1, 0.15) is 47.0 Å². The maximum absolute atomic E-state index is 6.60. The molecule has 116 valence electrons. The quantitative estimate of drug-likeness (QED) is 0.520. The molecule has 20 heavy (non-hydrogen) atoms. The summed E-state index contributed by atoms with van der Waals surface area (Å²) in [5.74, 6) is 0. The Morgan fingerprint density at radius 3 is 2.55 bits per heavy atom. The van der Waals surface area contributed by atoms with Crippen molar-refractivity contribution in [3.05, 3.63) is 24.3 Å². The number of hydrogen-bond donors (Lipinski definition) is 0. The van der Waals surface area contributed by atoms with Crippen LogP contribution in [0.3, 0.4) is 0 Å². The molecular weight excluding hydrogens is 264 g/mol. The highest BCUT2D eigenvalue weighted by atomic mass is 28.4. The van der Waals surface area contributed by atoms with Crippen LogP contribution in [0, 0.1) is 0 Å². The van der Waals surface area contributed by atoms with Crippen LogP contribution in [0.4, 0.5) is 0 Å². The Labute approximate surface area is 126 Å². The lowest BCUT2D eigenvalue weighted by atomic mass is 10.1. The van der Waals surface area contributed by atoms with Gasteiger partial charge in [-0.1, -0.05) is 45.1 Å². The average molecular weight is 297 g/mol. The molecule has 0 amide bonds. The molecule has 0 aliphatic heterocycles. The number of ether oxygens (including phenoxy) is 1. The van der Waals surface area contributed by atoms with E-state index in [0.29, 0.717) is 6.61 Å². The molecule has 0 heterocycles. The summed E-state index contributed by atoms with van der Waals surface area (Å²) < 4.78 is 12.6. The molecule has 0 spiro atoms. The third-order valence-corrected chi connectivity index (χ3v) is 8.83. The lowest BCUT2D eigenvalue weighted by Gasteiger charge is -2.40. The molecule has 0 aromatic rings. The van der Waals surface area contributed by atoms with E-state index in [1.54, 1.807) is 0 Å². The molecule has 2 atom stereocenters. The van der Waals surface area contributed by atoms with Gasteiger partial charge in [-0.05, 0) is 44.3 Å². The SMILES string of the molecule is C=C(C)CO[C@@H]1C=CCCC[C@H]1O[Si](C)(C)C(C)(C)C. The molecule has 0 aromatic carbocycles. The van der Waals surface area contributed by atoms with Gasteiger partial charge in [0.15, 0.2) is 8.32 Å². The fraction of sp³-hybridized carbons (Fsp3) is 0.765. The average Bonchev–Trinajstić information content (AvgIpc) is 2.49. The van der Waals surface area contributed by atoms with Crippen molar-refractivity contribution in [1.29, 1.82) is 0 Å². The van der Waals surface area contributed by atoms with Gasteiger partial charge in [0.05, 0.1) is 12.7 Å². The first-order valence-corrected chi connectivity index (χ1v) is 10.6. The largest absolute Gasteiger partial charge is 0.411 e. The van der Waals surface area contributed by atoms with Gasteiger partial charge in [-0.2, -0.15) is 0 Å². The summed E-state index contributed by atoms with van der Waals surface area (Å²) in [5, 5.41) is 0.238. The third-order valence-electron chi connectivity index (χ3n) is 4.33. The first-order chi connectivity index (χ1) is 9.13. The van der Waals surface area contributed by atoms with E-state index >= 15 is 0 Å². The molecule has 0 fully saturated rings. The molecule has 1 rings (SSSR count). The molecule has 3 heteroatoms. The summed E-state index contributed by atoms with van der Waals surface area (Å²) in [6, 6.07) is 0. The predicted octanol–water partition coefficient (Wildman–Crippen LogP) is 5.08. The summed E-state index contributed by atoms with van der Waals surface area (Å²) in [6.45, 7) is 18.0. The molecule has 0 radical (unpaired) electrons. The van der Waals surface area contributed by atoms with Crippen molar-refractivity contribution in [2.45, 2.75) is 77.3 Å². The molecule has 0 bridgehead atoms. The Morgan fingerprint density at radius 2 is 2.00 bits per heavy atom. The lowest BCUT2D eigenvalue weighted by molar-refractivity contribution is 0.00334. The Morgan fingerprint density at radius 1 is 1.35 bits per heavy atom. The van der Waals surface area contributed by atoms with Crippen molar-refractivity contribution in [3.63, 3.8) is 0 Å². The van der Waals surface area contributed by atoms with Crippen LogP contribution in [0.5, 0.6) is 0 Å². The Bertz CT molecular complexity index is 352. The van der Waals surface area contributed by atoms with Crippen LogP contribution >= 0.6 is 0 Å². The first kappa shape index (κ1) is 17.7. The van der Waals surface area contributed by atoms with Crippen LogP contribution in [0.25, 0.3) is 0 Å². The van der Waals surface area contributed by atoms with Gasteiger partial charge >= 0.3 is 0 Å².